The van der Waals surface area contributed by atoms with Crippen molar-refractivity contribution in [3.8, 4) is 0 Å². The zero-order valence-corrected chi connectivity index (χ0v) is 11.9. The SMILES string of the molecule is CC(=O)N1CCC(N[C@H](C)Cc2ccccc2)CC1. The van der Waals surface area contributed by atoms with E-state index in [9.17, 15) is 4.79 Å². The van der Waals surface area contributed by atoms with Crippen LogP contribution in [0.5, 0.6) is 0 Å². The molecule has 1 fully saturated rings. The number of piperidine rings is 1. The molecule has 3 heteroatoms. The summed E-state index contributed by atoms with van der Waals surface area (Å²) in [4.78, 5) is 13.2. The van der Waals surface area contributed by atoms with E-state index in [-0.39, 0.29) is 5.91 Å². The van der Waals surface area contributed by atoms with Crippen LogP contribution in [0.2, 0.25) is 0 Å². The Balaban J connectivity index is 1.75. The fourth-order valence-electron chi connectivity index (χ4n) is 2.79. The van der Waals surface area contributed by atoms with Gasteiger partial charge in [0, 0.05) is 32.1 Å². The van der Waals surface area contributed by atoms with Crippen LogP contribution in [0.4, 0.5) is 0 Å². The van der Waals surface area contributed by atoms with Crippen LogP contribution in [0.3, 0.4) is 0 Å². The molecule has 0 saturated carbocycles. The van der Waals surface area contributed by atoms with Crippen molar-refractivity contribution in [1.82, 2.24) is 10.2 Å². The maximum absolute atomic E-state index is 11.3. The summed E-state index contributed by atoms with van der Waals surface area (Å²) in [7, 11) is 0. The van der Waals surface area contributed by atoms with Crippen LogP contribution in [-0.2, 0) is 11.2 Å². The minimum absolute atomic E-state index is 0.204. The van der Waals surface area contributed by atoms with Gasteiger partial charge in [-0.05, 0) is 31.7 Å². The van der Waals surface area contributed by atoms with Gasteiger partial charge in [0.2, 0.25) is 5.91 Å². The third kappa shape index (κ3) is 4.35. The molecular weight excluding hydrogens is 236 g/mol. The average Bonchev–Trinajstić information content (AvgIpc) is 2.40. The van der Waals surface area contributed by atoms with Gasteiger partial charge in [0.15, 0.2) is 0 Å². The lowest BCUT2D eigenvalue weighted by Crippen LogP contribution is -2.47. The van der Waals surface area contributed by atoms with Crippen molar-refractivity contribution in [3.05, 3.63) is 35.9 Å². The average molecular weight is 260 g/mol. The van der Waals surface area contributed by atoms with Crippen molar-refractivity contribution in [2.75, 3.05) is 13.1 Å². The molecule has 1 atom stereocenters. The molecule has 0 bridgehead atoms. The maximum atomic E-state index is 11.3. The molecule has 1 heterocycles. The zero-order chi connectivity index (χ0) is 13.7. The second kappa shape index (κ2) is 6.71. The number of carbonyl (C=O) groups excluding carboxylic acids is 1. The molecule has 1 amide bonds. The molecule has 104 valence electrons. The summed E-state index contributed by atoms with van der Waals surface area (Å²) >= 11 is 0. The molecule has 0 spiro atoms. The van der Waals surface area contributed by atoms with E-state index in [4.69, 9.17) is 0 Å². The Hall–Kier alpha value is -1.35. The van der Waals surface area contributed by atoms with E-state index in [1.165, 1.54) is 5.56 Å². The molecule has 1 N–H and O–H groups in total. The highest BCUT2D eigenvalue weighted by Crippen LogP contribution is 2.12. The summed E-state index contributed by atoms with van der Waals surface area (Å²) in [5, 5.41) is 3.69. The number of amides is 1. The van der Waals surface area contributed by atoms with Crippen molar-refractivity contribution < 1.29 is 4.79 Å². The first-order valence-corrected chi connectivity index (χ1v) is 7.20. The van der Waals surface area contributed by atoms with Crippen LogP contribution in [0.25, 0.3) is 0 Å². The Bertz CT molecular complexity index is 396. The largest absolute Gasteiger partial charge is 0.343 e. The van der Waals surface area contributed by atoms with E-state index >= 15 is 0 Å². The summed E-state index contributed by atoms with van der Waals surface area (Å²) in [6.07, 6.45) is 3.20. The normalized spacial score (nSPS) is 18.3. The standard InChI is InChI=1S/C16H24N2O/c1-13(12-15-6-4-3-5-7-15)17-16-8-10-18(11-9-16)14(2)19/h3-7,13,16-17H,8-12H2,1-2H3/t13-/m1/s1. The lowest BCUT2D eigenvalue weighted by molar-refractivity contribution is -0.129. The first-order chi connectivity index (χ1) is 9.15. The second-order valence-electron chi connectivity index (χ2n) is 5.54. The van der Waals surface area contributed by atoms with Crippen molar-refractivity contribution in [2.45, 2.75) is 45.2 Å². The van der Waals surface area contributed by atoms with Gasteiger partial charge in [-0.3, -0.25) is 4.79 Å². The van der Waals surface area contributed by atoms with Gasteiger partial charge in [0.05, 0.1) is 0 Å². The lowest BCUT2D eigenvalue weighted by Gasteiger charge is -2.33. The van der Waals surface area contributed by atoms with Gasteiger partial charge in [-0.1, -0.05) is 30.3 Å². The van der Waals surface area contributed by atoms with Crippen molar-refractivity contribution in [1.29, 1.82) is 0 Å². The van der Waals surface area contributed by atoms with Gasteiger partial charge in [0.25, 0.3) is 0 Å². The molecule has 1 aromatic rings. The van der Waals surface area contributed by atoms with Crippen LogP contribution in [0, 0.1) is 0 Å². The number of nitrogens with zero attached hydrogens (tertiary/aromatic N) is 1. The highest BCUT2D eigenvalue weighted by molar-refractivity contribution is 5.73. The molecule has 0 unspecified atom stereocenters. The fraction of sp³-hybridized carbons (Fsp3) is 0.562. The van der Waals surface area contributed by atoms with Crippen molar-refractivity contribution in [3.63, 3.8) is 0 Å². The quantitative estimate of drug-likeness (QED) is 0.900. The number of hydrogen-bond acceptors (Lipinski definition) is 2. The van der Waals surface area contributed by atoms with Crippen molar-refractivity contribution in [2.24, 2.45) is 0 Å². The van der Waals surface area contributed by atoms with Crippen LogP contribution in [0.1, 0.15) is 32.3 Å². The van der Waals surface area contributed by atoms with E-state index in [1.807, 2.05) is 4.90 Å². The van der Waals surface area contributed by atoms with Gasteiger partial charge in [-0.2, -0.15) is 0 Å². The van der Waals surface area contributed by atoms with Gasteiger partial charge >= 0.3 is 0 Å². The van der Waals surface area contributed by atoms with E-state index in [0.717, 1.165) is 32.4 Å². The fourth-order valence-corrected chi connectivity index (χ4v) is 2.79. The molecule has 0 radical (unpaired) electrons. The summed E-state index contributed by atoms with van der Waals surface area (Å²) < 4.78 is 0. The number of likely N-dealkylation sites (tertiary alicyclic amines) is 1. The molecule has 19 heavy (non-hydrogen) atoms. The molecule has 1 saturated heterocycles. The number of nitrogens with one attached hydrogen (secondary N) is 1. The number of benzene rings is 1. The van der Waals surface area contributed by atoms with Crippen LogP contribution < -0.4 is 5.32 Å². The molecule has 3 nitrogen and oxygen atoms in total. The van der Waals surface area contributed by atoms with E-state index < -0.39 is 0 Å². The third-order valence-corrected chi connectivity index (χ3v) is 3.85. The highest BCUT2D eigenvalue weighted by Gasteiger charge is 2.21. The Kier molecular flexibility index (Phi) is 4.97. The number of carbonyl (C=O) groups is 1. The van der Waals surface area contributed by atoms with E-state index in [2.05, 4.69) is 42.6 Å². The van der Waals surface area contributed by atoms with Crippen molar-refractivity contribution >= 4 is 5.91 Å². The smallest absolute Gasteiger partial charge is 0.219 e. The Labute approximate surface area is 116 Å². The molecule has 2 rings (SSSR count). The van der Waals surface area contributed by atoms with Crippen LogP contribution in [-0.4, -0.2) is 36.0 Å². The Morgan fingerprint density at radius 1 is 1.32 bits per heavy atom. The predicted molar refractivity (Wildman–Crippen MR) is 78.0 cm³/mol. The molecule has 0 aliphatic carbocycles. The van der Waals surface area contributed by atoms with Crippen LogP contribution >= 0.6 is 0 Å². The molecule has 1 aromatic carbocycles. The summed E-state index contributed by atoms with van der Waals surface area (Å²) in [6, 6.07) is 11.6. The molecule has 1 aliphatic heterocycles. The summed E-state index contributed by atoms with van der Waals surface area (Å²) in [5.41, 5.74) is 1.38. The Morgan fingerprint density at radius 2 is 1.95 bits per heavy atom. The Morgan fingerprint density at radius 3 is 2.53 bits per heavy atom. The molecular formula is C16H24N2O. The zero-order valence-electron chi connectivity index (χ0n) is 11.9. The van der Waals surface area contributed by atoms with E-state index in [0.29, 0.717) is 12.1 Å². The summed E-state index contributed by atoms with van der Waals surface area (Å²) in [5.74, 6) is 0.204. The second-order valence-corrected chi connectivity index (χ2v) is 5.54. The minimum Gasteiger partial charge on any atom is -0.343 e. The van der Waals surface area contributed by atoms with Gasteiger partial charge in [-0.15, -0.1) is 0 Å². The third-order valence-electron chi connectivity index (χ3n) is 3.85. The molecule has 0 aromatic heterocycles. The van der Waals surface area contributed by atoms with E-state index in [1.54, 1.807) is 6.92 Å². The predicted octanol–water partition coefficient (Wildman–Crippen LogP) is 2.22. The topological polar surface area (TPSA) is 32.3 Å². The monoisotopic (exact) mass is 260 g/mol. The van der Waals surface area contributed by atoms with Gasteiger partial charge in [-0.25, -0.2) is 0 Å². The first-order valence-electron chi connectivity index (χ1n) is 7.20. The highest BCUT2D eigenvalue weighted by atomic mass is 16.2. The lowest BCUT2D eigenvalue weighted by atomic mass is 10.0. The maximum Gasteiger partial charge on any atom is 0.219 e. The number of rotatable bonds is 4. The number of hydrogen-bond donors (Lipinski definition) is 1. The molecule has 1 aliphatic rings. The van der Waals surface area contributed by atoms with Crippen LogP contribution in [0.15, 0.2) is 30.3 Å². The first kappa shape index (κ1) is 14.1. The summed E-state index contributed by atoms with van der Waals surface area (Å²) in [6.45, 7) is 5.69. The van der Waals surface area contributed by atoms with Gasteiger partial charge in [0.1, 0.15) is 0 Å². The van der Waals surface area contributed by atoms with Gasteiger partial charge < -0.3 is 10.2 Å². The minimum atomic E-state index is 0.204.